The molecule has 0 unspecified atom stereocenters. The van der Waals surface area contributed by atoms with Gasteiger partial charge in [0, 0.05) is 11.5 Å². The van der Waals surface area contributed by atoms with E-state index in [1.165, 1.54) is 88.5 Å². The lowest BCUT2D eigenvalue weighted by Crippen LogP contribution is -2.33. The summed E-state index contributed by atoms with van der Waals surface area (Å²) in [4.78, 5) is 0. The quantitative estimate of drug-likeness (QED) is 0.218. The Kier molecular flexibility index (Phi) is 9.32. The second kappa shape index (κ2) is 12.0. The second-order valence-corrected chi connectivity index (χ2v) is 9.65. The number of halogens is 4. The normalized spacial score (nSPS) is 26.4. The van der Waals surface area contributed by atoms with Gasteiger partial charge in [-0.1, -0.05) is 57.3 Å². The van der Waals surface area contributed by atoms with Crippen molar-refractivity contribution >= 4 is 0 Å². The van der Waals surface area contributed by atoms with E-state index in [1.807, 2.05) is 0 Å². The number of unbranched alkanes of at least 4 members (excludes halogenated alkanes) is 2. The topological polar surface area (TPSA) is 9.23 Å². The van der Waals surface area contributed by atoms with E-state index in [0.29, 0.717) is 11.5 Å². The third kappa shape index (κ3) is 7.42. The van der Waals surface area contributed by atoms with E-state index >= 15 is 0 Å². The molecule has 0 aliphatic heterocycles. The summed E-state index contributed by atoms with van der Waals surface area (Å²) < 4.78 is 54.5. The van der Waals surface area contributed by atoms with Gasteiger partial charge in [-0.25, -0.2) is 0 Å². The van der Waals surface area contributed by atoms with Gasteiger partial charge in [0.05, 0.1) is 0 Å². The first-order chi connectivity index (χ1) is 15.4. The minimum atomic E-state index is -4.49. The standard InChI is InChI=1S/C27H36F4O/c1-2-3-4-5-20-8-14-23(15-9-20)24-16-10-21(11-17-24)6-7-22-12-18-25(19-13-22)32-27(30,31)26(28)29/h12-13,18-21,23-24,26H,2-5,8-11,14-17H2,1H3. The van der Waals surface area contributed by atoms with Crippen LogP contribution in [-0.2, 0) is 0 Å². The molecule has 2 saturated carbocycles. The third-order valence-electron chi connectivity index (χ3n) is 7.33. The van der Waals surface area contributed by atoms with Crippen molar-refractivity contribution in [2.24, 2.45) is 23.7 Å². The molecule has 0 heterocycles. The van der Waals surface area contributed by atoms with Crippen LogP contribution in [0.15, 0.2) is 24.3 Å². The van der Waals surface area contributed by atoms with Gasteiger partial charge in [-0.15, -0.1) is 0 Å². The van der Waals surface area contributed by atoms with Crippen molar-refractivity contribution in [2.45, 2.75) is 96.5 Å². The Morgan fingerprint density at radius 2 is 1.50 bits per heavy atom. The van der Waals surface area contributed by atoms with Crippen molar-refractivity contribution in [2.75, 3.05) is 0 Å². The molecule has 0 bridgehead atoms. The summed E-state index contributed by atoms with van der Waals surface area (Å²) >= 11 is 0. The van der Waals surface area contributed by atoms with Crippen LogP contribution in [0.4, 0.5) is 17.6 Å². The number of hydrogen-bond donors (Lipinski definition) is 0. The molecule has 2 aliphatic rings. The van der Waals surface area contributed by atoms with Gasteiger partial charge in [0.15, 0.2) is 0 Å². The van der Waals surface area contributed by atoms with Gasteiger partial charge in [-0.05, 0) is 80.5 Å². The first-order valence-corrected chi connectivity index (χ1v) is 12.3. The van der Waals surface area contributed by atoms with Gasteiger partial charge >= 0.3 is 12.5 Å². The minimum Gasteiger partial charge on any atom is -0.428 e. The van der Waals surface area contributed by atoms with Gasteiger partial charge < -0.3 is 4.74 Å². The van der Waals surface area contributed by atoms with Crippen molar-refractivity contribution in [3.8, 4) is 17.6 Å². The van der Waals surface area contributed by atoms with Crippen LogP contribution in [0.25, 0.3) is 0 Å². The molecule has 32 heavy (non-hydrogen) atoms. The lowest BCUT2D eigenvalue weighted by atomic mass is 9.69. The van der Waals surface area contributed by atoms with E-state index in [9.17, 15) is 17.6 Å². The van der Waals surface area contributed by atoms with E-state index in [1.54, 1.807) is 0 Å². The molecule has 1 nitrogen and oxygen atoms in total. The molecular formula is C27H36F4O. The van der Waals surface area contributed by atoms with Crippen LogP contribution < -0.4 is 4.74 Å². The predicted molar refractivity (Wildman–Crippen MR) is 120 cm³/mol. The highest BCUT2D eigenvalue weighted by Crippen LogP contribution is 2.42. The minimum absolute atomic E-state index is 0.290. The van der Waals surface area contributed by atoms with Gasteiger partial charge in [0.1, 0.15) is 5.75 Å². The van der Waals surface area contributed by atoms with Crippen molar-refractivity contribution in [1.82, 2.24) is 0 Å². The maximum Gasteiger partial charge on any atom is 0.461 e. The van der Waals surface area contributed by atoms with E-state index in [2.05, 4.69) is 23.5 Å². The molecule has 0 amide bonds. The first kappa shape index (κ1) is 24.9. The molecular weight excluding hydrogens is 416 g/mol. The summed E-state index contributed by atoms with van der Waals surface area (Å²) in [6, 6.07) is 5.59. The molecule has 0 N–H and O–H groups in total. The van der Waals surface area contributed by atoms with Crippen molar-refractivity contribution in [3.63, 3.8) is 0 Å². The average molecular weight is 453 g/mol. The Bertz CT molecular complexity index is 733. The molecule has 0 aromatic heterocycles. The van der Waals surface area contributed by atoms with E-state index in [-0.39, 0.29) is 5.75 Å². The van der Waals surface area contributed by atoms with Crippen LogP contribution in [0, 0.1) is 35.5 Å². The molecule has 1 aromatic carbocycles. The van der Waals surface area contributed by atoms with Crippen molar-refractivity contribution in [1.29, 1.82) is 0 Å². The van der Waals surface area contributed by atoms with Gasteiger partial charge in [-0.3, -0.25) is 0 Å². The molecule has 0 spiro atoms. The van der Waals surface area contributed by atoms with E-state index in [4.69, 9.17) is 0 Å². The Morgan fingerprint density at radius 1 is 0.906 bits per heavy atom. The van der Waals surface area contributed by atoms with Gasteiger partial charge in [0.2, 0.25) is 0 Å². The number of alkyl halides is 4. The smallest absolute Gasteiger partial charge is 0.428 e. The highest BCUT2D eigenvalue weighted by atomic mass is 19.3. The summed E-state index contributed by atoms with van der Waals surface area (Å²) in [5.74, 6) is 9.21. The van der Waals surface area contributed by atoms with Crippen LogP contribution >= 0.6 is 0 Å². The van der Waals surface area contributed by atoms with Crippen LogP contribution in [-0.4, -0.2) is 12.5 Å². The van der Waals surface area contributed by atoms with Crippen molar-refractivity contribution < 1.29 is 22.3 Å². The van der Waals surface area contributed by atoms with Crippen molar-refractivity contribution in [3.05, 3.63) is 29.8 Å². The lowest BCUT2D eigenvalue weighted by Gasteiger charge is -2.37. The maximum atomic E-state index is 13.0. The van der Waals surface area contributed by atoms with E-state index in [0.717, 1.165) is 30.6 Å². The molecule has 2 aliphatic carbocycles. The number of hydrogen-bond acceptors (Lipinski definition) is 1. The van der Waals surface area contributed by atoms with Gasteiger partial charge in [0.25, 0.3) is 0 Å². The maximum absolute atomic E-state index is 13.0. The third-order valence-corrected chi connectivity index (χ3v) is 7.33. The zero-order valence-corrected chi connectivity index (χ0v) is 19.1. The Morgan fingerprint density at radius 3 is 2.06 bits per heavy atom. The fourth-order valence-electron chi connectivity index (χ4n) is 5.36. The largest absolute Gasteiger partial charge is 0.461 e. The van der Waals surface area contributed by atoms with E-state index < -0.39 is 12.5 Å². The Labute approximate surface area is 190 Å². The monoisotopic (exact) mass is 452 g/mol. The Hall–Kier alpha value is -1.70. The predicted octanol–water partition coefficient (Wildman–Crippen LogP) is 8.47. The Balaban J connectivity index is 1.40. The SMILES string of the molecule is CCCCCC1CCC(C2CCC(C#Cc3ccc(OC(F)(F)C(F)F)cc3)CC2)CC1. The molecule has 0 saturated heterocycles. The number of rotatable bonds is 8. The molecule has 1 aromatic rings. The summed E-state index contributed by atoms with van der Waals surface area (Å²) in [5.41, 5.74) is 0.682. The summed E-state index contributed by atoms with van der Waals surface area (Å²) in [5, 5.41) is 0. The van der Waals surface area contributed by atoms with Crippen LogP contribution in [0.3, 0.4) is 0 Å². The summed E-state index contributed by atoms with van der Waals surface area (Å²) in [6.07, 6.45) is 7.52. The zero-order valence-electron chi connectivity index (χ0n) is 19.1. The number of benzene rings is 1. The second-order valence-electron chi connectivity index (χ2n) is 9.65. The van der Waals surface area contributed by atoms with Gasteiger partial charge in [-0.2, -0.15) is 17.6 Å². The molecule has 0 radical (unpaired) electrons. The van der Waals surface area contributed by atoms with Crippen LogP contribution in [0.2, 0.25) is 0 Å². The molecule has 3 rings (SSSR count). The molecule has 0 atom stereocenters. The summed E-state index contributed by atoms with van der Waals surface area (Å²) in [6.45, 7) is 2.27. The van der Waals surface area contributed by atoms with Crippen LogP contribution in [0.5, 0.6) is 5.75 Å². The fourth-order valence-corrected chi connectivity index (χ4v) is 5.36. The molecule has 178 valence electrons. The zero-order chi connectivity index (χ0) is 23.0. The lowest BCUT2D eigenvalue weighted by molar-refractivity contribution is -0.253. The highest BCUT2D eigenvalue weighted by Gasteiger charge is 2.43. The summed E-state index contributed by atoms with van der Waals surface area (Å²) in [7, 11) is 0. The van der Waals surface area contributed by atoms with Crippen LogP contribution in [0.1, 0.15) is 89.5 Å². The number of ether oxygens (including phenoxy) is 1. The highest BCUT2D eigenvalue weighted by molar-refractivity contribution is 5.38. The molecule has 2 fully saturated rings. The molecule has 5 heteroatoms. The average Bonchev–Trinajstić information content (AvgIpc) is 2.79. The first-order valence-electron chi connectivity index (χ1n) is 12.3. The fraction of sp³-hybridized carbons (Fsp3) is 0.704.